The van der Waals surface area contributed by atoms with E-state index < -0.39 is 0 Å². The standard InChI is InChI=1S/C13H10S2/c14-10-4-7-12-8-9-13(15-12)11-5-2-1-3-6-11/h1-3,5-6,8-9,14H,10H2. The predicted molar refractivity (Wildman–Crippen MR) is 70.5 cm³/mol. The first-order valence-corrected chi connectivity index (χ1v) is 6.10. The van der Waals surface area contributed by atoms with E-state index in [-0.39, 0.29) is 0 Å². The van der Waals surface area contributed by atoms with Crippen LogP contribution in [-0.2, 0) is 0 Å². The third-order valence-electron chi connectivity index (χ3n) is 1.95. The number of thiophene rings is 1. The lowest BCUT2D eigenvalue weighted by molar-refractivity contribution is 1.70. The minimum Gasteiger partial charge on any atom is -0.166 e. The molecule has 0 saturated heterocycles. The van der Waals surface area contributed by atoms with Crippen LogP contribution in [0.4, 0.5) is 0 Å². The van der Waals surface area contributed by atoms with Gasteiger partial charge in [-0.1, -0.05) is 42.2 Å². The van der Waals surface area contributed by atoms with Gasteiger partial charge in [0.1, 0.15) is 0 Å². The molecule has 0 radical (unpaired) electrons. The van der Waals surface area contributed by atoms with E-state index in [0.29, 0.717) is 5.75 Å². The van der Waals surface area contributed by atoms with Gasteiger partial charge in [-0.2, -0.15) is 12.6 Å². The molecule has 0 aliphatic rings. The molecule has 0 fully saturated rings. The normalized spacial score (nSPS) is 9.40. The molecule has 0 aliphatic carbocycles. The van der Waals surface area contributed by atoms with Crippen molar-refractivity contribution in [1.82, 2.24) is 0 Å². The highest BCUT2D eigenvalue weighted by molar-refractivity contribution is 7.80. The third-order valence-corrected chi connectivity index (χ3v) is 3.16. The second-order valence-corrected chi connectivity index (χ2v) is 4.39. The third kappa shape index (κ3) is 2.65. The van der Waals surface area contributed by atoms with Crippen molar-refractivity contribution < 1.29 is 0 Å². The largest absolute Gasteiger partial charge is 0.166 e. The molecule has 0 bridgehead atoms. The van der Waals surface area contributed by atoms with E-state index in [1.807, 2.05) is 18.2 Å². The Hall–Kier alpha value is -1.17. The minimum atomic E-state index is 0.610. The summed E-state index contributed by atoms with van der Waals surface area (Å²) in [5.74, 6) is 6.64. The first kappa shape index (κ1) is 10.4. The van der Waals surface area contributed by atoms with E-state index in [9.17, 15) is 0 Å². The number of benzene rings is 1. The average molecular weight is 230 g/mol. The van der Waals surface area contributed by atoms with Gasteiger partial charge in [-0.05, 0) is 17.7 Å². The fourth-order valence-corrected chi connectivity index (χ4v) is 2.25. The van der Waals surface area contributed by atoms with Crippen LogP contribution >= 0.6 is 24.0 Å². The Morgan fingerprint density at radius 1 is 1.07 bits per heavy atom. The Kier molecular flexibility index (Phi) is 3.49. The van der Waals surface area contributed by atoms with Gasteiger partial charge in [0, 0.05) is 4.88 Å². The molecule has 0 spiro atoms. The molecule has 0 N–H and O–H groups in total. The molecule has 0 amide bonds. The topological polar surface area (TPSA) is 0 Å². The lowest BCUT2D eigenvalue weighted by Crippen LogP contribution is -1.67. The Balaban J connectivity index is 2.28. The number of hydrogen-bond acceptors (Lipinski definition) is 2. The van der Waals surface area contributed by atoms with E-state index in [4.69, 9.17) is 0 Å². The molecular weight excluding hydrogens is 220 g/mol. The fraction of sp³-hybridized carbons (Fsp3) is 0.0769. The summed E-state index contributed by atoms with van der Waals surface area (Å²) in [6.07, 6.45) is 0. The quantitative estimate of drug-likeness (QED) is 0.560. The molecule has 0 saturated carbocycles. The van der Waals surface area contributed by atoms with Gasteiger partial charge in [0.2, 0.25) is 0 Å². The number of thiol groups is 1. The van der Waals surface area contributed by atoms with Crippen molar-refractivity contribution in [2.24, 2.45) is 0 Å². The maximum Gasteiger partial charge on any atom is 0.0775 e. The fourth-order valence-electron chi connectivity index (χ4n) is 1.29. The molecule has 0 unspecified atom stereocenters. The van der Waals surface area contributed by atoms with Crippen LogP contribution in [0.5, 0.6) is 0 Å². The zero-order chi connectivity index (χ0) is 10.5. The monoisotopic (exact) mass is 230 g/mol. The maximum atomic E-state index is 4.06. The van der Waals surface area contributed by atoms with Gasteiger partial charge in [0.15, 0.2) is 0 Å². The lowest BCUT2D eigenvalue weighted by atomic mass is 10.2. The molecule has 74 valence electrons. The predicted octanol–water partition coefficient (Wildman–Crippen LogP) is 3.70. The zero-order valence-corrected chi connectivity index (χ0v) is 9.81. The van der Waals surface area contributed by atoms with E-state index in [0.717, 1.165) is 4.88 Å². The van der Waals surface area contributed by atoms with Gasteiger partial charge in [-0.15, -0.1) is 11.3 Å². The molecule has 1 aromatic heterocycles. The van der Waals surface area contributed by atoms with Gasteiger partial charge in [0.25, 0.3) is 0 Å². The number of rotatable bonds is 1. The summed E-state index contributed by atoms with van der Waals surface area (Å²) in [4.78, 5) is 2.36. The van der Waals surface area contributed by atoms with Crippen molar-refractivity contribution >= 4 is 24.0 Å². The van der Waals surface area contributed by atoms with Crippen molar-refractivity contribution in [3.05, 3.63) is 47.3 Å². The van der Waals surface area contributed by atoms with E-state index in [2.05, 4.69) is 48.7 Å². The zero-order valence-electron chi connectivity index (χ0n) is 8.10. The first-order valence-electron chi connectivity index (χ1n) is 4.65. The second-order valence-electron chi connectivity index (χ2n) is 2.99. The van der Waals surface area contributed by atoms with Gasteiger partial charge >= 0.3 is 0 Å². The molecule has 0 aliphatic heterocycles. The van der Waals surface area contributed by atoms with Crippen LogP contribution in [0.2, 0.25) is 0 Å². The molecule has 15 heavy (non-hydrogen) atoms. The Morgan fingerprint density at radius 3 is 2.60 bits per heavy atom. The highest BCUT2D eigenvalue weighted by atomic mass is 32.1. The maximum absolute atomic E-state index is 4.06. The SMILES string of the molecule is SCC#Cc1ccc(-c2ccccc2)s1. The summed E-state index contributed by atoms with van der Waals surface area (Å²) in [6.45, 7) is 0. The van der Waals surface area contributed by atoms with Crippen LogP contribution in [0.25, 0.3) is 10.4 Å². The van der Waals surface area contributed by atoms with Gasteiger partial charge in [0.05, 0.1) is 10.6 Å². The Bertz CT molecular complexity index is 486. The smallest absolute Gasteiger partial charge is 0.0775 e. The summed E-state index contributed by atoms with van der Waals surface area (Å²) in [5.41, 5.74) is 1.25. The second kappa shape index (κ2) is 5.06. The Morgan fingerprint density at radius 2 is 1.87 bits per heavy atom. The lowest BCUT2D eigenvalue weighted by Gasteiger charge is -1.93. The highest BCUT2D eigenvalue weighted by Gasteiger charge is 1.99. The van der Waals surface area contributed by atoms with Crippen molar-refractivity contribution in [2.45, 2.75) is 0 Å². The van der Waals surface area contributed by atoms with E-state index in [1.165, 1.54) is 10.4 Å². The van der Waals surface area contributed by atoms with Crippen LogP contribution in [0.15, 0.2) is 42.5 Å². The van der Waals surface area contributed by atoms with E-state index >= 15 is 0 Å². The van der Waals surface area contributed by atoms with Gasteiger partial charge in [-0.25, -0.2) is 0 Å². The van der Waals surface area contributed by atoms with Crippen molar-refractivity contribution in [1.29, 1.82) is 0 Å². The summed E-state index contributed by atoms with van der Waals surface area (Å²) < 4.78 is 0. The van der Waals surface area contributed by atoms with Crippen LogP contribution in [0.1, 0.15) is 4.88 Å². The van der Waals surface area contributed by atoms with Crippen LogP contribution < -0.4 is 0 Å². The molecule has 2 aromatic rings. The highest BCUT2D eigenvalue weighted by Crippen LogP contribution is 2.27. The molecule has 1 heterocycles. The molecule has 1 aromatic carbocycles. The van der Waals surface area contributed by atoms with Crippen molar-refractivity contribution in [3.63, 3.8) is 0 Å². The Labute approximate surface area is 99.4 Å². The molecule has 2 rings (SSSR count). The molecule has 2 heteroatoms. The molecule has 0 atom stereocenters. The van der Waals surface area contributed by atoms with E-state index in [1.54, 1.807) is 11.3 Å². The molecular formula is C13H10S2. The summed E-state index contributed by atoms with van der Waals surface area (Å²) in [7, 11) is 0. The van der Waals surface area contributed by atoms with Crippen molar-refractivity contribution in [3.8, 4) is 22.3 Å². The molecule has 0 nitrogen and oxygen atoms in total. The van der Waals surface area contributed by atoms with Crippen LogP contribution in [-0.4, -0.2) is 5.75 Å². The average Bonchev–Trinajstić information content (AvgIpc) is 2.76. The summed E-state index contributed by atoms with van der Waals surface area (Å²) in [5, 5.41) is 0. The summed E-state index contributed by atoms with van der Waals surface area (Å²) in [6, 6.07) is 14.5. The van der Waals surface area contributed by atoms with Crippen molar-refractivity contribution in [2.75, 3.05) is 5.75 Å². The van der Waals surface area contributed by atoms with Crippen LogP contribution in [0.3, 0.4) is 0 Å². The minimum absolute atomic E-state index is 0.610. The van der Waals surface area contributed by atoms with Gasteiger partial charge < -0.3 is 0 Å². The first-order chi connectivity index (χ1) is 7.40. The van der Waals surface area contributed by atoms with Crippen LogP contribution in [0, 0.1) is 11.8 Å². The van der Waals surface area contributed by atoms with Gasteiger partial charge in [-0.3, -0.25) is 0 Å². The summed E-state index contributed by atoms with van der Waals surface area (Å²) >= 11 is 5.78. The number of hydrogen-bond donors (Lipinski definition) is 1.